The van der Waals surface area contributed by atoms with Gasteiger partial charge in [0.1, 0.15) is 5.69 Å². The number of nitrogens with zero attached hydrogens (tertiary/aromatic N) is 6. The number of aliphatic hydroxyl groups is 1. The number of para-hydroxylation sites is 1. The quantitative estimate of drug-likeness (QED) is 0.0939. The number of hydrogen-bond donors (Lipinski definition) is 1. The molecule has 1 N–H and O–H groups in total. The molecular weight excluding hydrogens is 640 g/mol. The third-order valence-electron chi connectivity index (χ3n) is 7.50. The van der Waals surface area contributed by atoms with Crippen molar-refractivity contribution >= 4 is 42.1 Å². The summed E-state index contributed by atoms with van der Waals surface area (Å²) in [5.41, 5.74) is 0.677. The van der Waals surface area contributed by atoms with Gasteiger partial charge in [0.15, 0.2) is 11.1 Å². The van der Waals surface area contributed by atoms with Gasteiger partial charge in [-0.05, 0) is 62.9 Å². The summed E-state index contributed by atoms with van der Waals surface area (Å²) in [6.45, 7) is 2.16. The van der Waals surface area contributed by atoms with Gasteiger partial charge in [0.25, 0.3) is 15.7 Å². The average molecular weight is 675 g/mol. The van der Waals surface area contributed by atoms with Crippen LogP contribution < -0.4 is 4.31 Å². The van der Waals surface area contributed by atoms with Crippen LogP contribution in [0.25, 0.3) is 22.3 Å². The first-order valence-electron chi connectivity index (χ1n) is 14.6. The normalized spacial score (nSPS) is 16.4. The van der Waals surface area contributed by atoms with Gasteiger partial charge in [0.05, 0.1) is 35.0 Å². The molecule has 15 nitrogen and oxygen atoms in total. The second-order valence-corrected chi connectivity index (χ2v) is 14.5. The average Bonchev–Trinajstić information content (AvgIpc) is 3.42. The lowest BCUT2D eigenvalue weighted by Crippen LogP contribution is -2.39. The number of sulfone groups is 1. The van der Waals surface area contributed by atoms with Crippen molar-refractivity contribution in [3.63, 3.8) is 0 Å². The molecular formula is C29H34N6O9S2. The first-order chi connectivity index (χ1) is 21.9. The van der Waals surface area contributed by atoms with E-state index in [4.69, 9.17) is 19.7 Å². The SMILES string of the molecule is C[C@@H](CCOCCO)N(c1ccc2c(c1)c(-c1ccnc(S(C)(=O)=O)n1)nn2C1CCCCO1)S(=O)(=O)c1ccccc1[N+](=O)[O-]. The van der Waals surface area contributed by atoms with Crippen molar-refractivity contribution in [2.75, 3.05) is 37.0 Å². The minimum absolute atomic E-state index is 0.0652. The highest BCUT2D eigenvalue weighted by Gasteiger charge is 2.35. The summed E-state index contributed by atoms with van der Waals surface area (Å²) >= 11 is 0. The Balaban J connectivity index is 1.71. The summed E-state index contributed by atoms with van der Waals surface area (Å²) < 4.78 is 67.4. The van der Waals surface area contributed by atoms with Crippen molar-refractivity contribution in [1.82, 2.24) is 19.7 Å². The molecule has 1 aliphatic heterocycles. The molecule has 3 heterocycles. The fourth-order valence-electron chi connectivity index (χ4n) is 5.34. The molecule has 0 saturated carbocycles. The second-order valence-electron chi connectivity index (χ2n) is 10.8. The molecule has 246 valence electrons. The van der Waals surface area contributed by atoms with Crippen LogP contribution in [0.4, 0.5) is 11.4 Å². The molecule has 4 aromatic rings. The zero-order chi connectivity index (χ0) is 33.1. The molecule has 1 saturated heterocycles. The van der Waals surface area contributed by atoms with E-state index in [1.54, 1.807) is 29.8 Å². The van der Waals surface area contributed by atoms with Gasteiger partial charge in [-0.1, -0.05) is 12.1 Å². The maximum Gasteiger partial charge on any atom is 0.289 e. The minimum Gasteiger partial charge on any atom is -0.394 e. The van der Waals surface area contributed by atoms with Crippen LogP contribution in [-0.4, -0.2) is 85.3 Å². The van der Waals surface area contributed by atoms with Crippen LogP contribution in [0, 0.1) is 10.1 Å². The van der Waals surface area contributed by atoms with Crippen molar-refractivity contribution in [2.45, 2.75) is 54.9 Å². The number of hydrogen-bond acceptors (Lipinski definition) is 12. The predicted molar refractivity (Wildman–Crippen MR) is 167 cm³/mol. The number of aromatic nitrogens is 4. The number of fused-ring (bicyclic) bond motifs is 1. The zero-order valence-electron chi connectivity index (χ0n) is 25.2. The molecule has 0 bridgehead atoms. The van der Waals surface area contributed by atoms with Crippen LogP contribution in [0.2, 0.25) is 0 Å². The largest absolute Gasteiger partial charge is 0.394 e. The molecule has 0 amide bonds. The maximum atomic E-state index is 14.3. The van der Waals surface area contributed by atoms with Gasteiger partial charge in [0.2, 0.25) is 15.0 Å². The van der Waals surface area contributed by atoms with Gasteiger partial charge in [-0.3, -0.25) is 14.4 Å². The predicted octanol–water partition coefficient (Wildman–Crippen LogP) is 3.49. The van der Waals surface area contributed by atoms with E-state index in [2.05, 4.69) is 9.97 Å². The third kappa shape index (κ3) is 6.87. The number of nitro groups is 1. The Labute approximate surface area is 265 Å². The zero-order valence-corrected chi connectivity index (χ0v) is 26.9. The molecule has 2 aromatic carbocycles. The van der Waals surface area contributed by atoms with E-state index in [-0.39, 0.29) is 43.3 Å². The molecule has 0 spiro atoms. The number of benzene rings is 2. The van der Waals surface area contributed by atoms with Crippen LogP contribution in [0.15, 0.2) is 64.8 Å². The highest BCUT2D eigenvalue weighted by molar-refractivity contribution is 7.93. The molecule has 17 heteroatoms. The maximum absolute atomic E-state index is 14.3. The molecule has 46 heavy (non-hydrogen) atoms. The van der Waals surface area contributed by atoms with Crippen molar-refractivity contribution in [3.8, 4) is 11.4 Å². The number of anilines is 1. The lowest BCUT2D eigenvalue weighted by atomic mass is 10.1. The Morgan fingerprint density at radius 3 is 2.63 bits per heavy atom. The minimum atomic E-state index is -4.53. The van der Waals surface area contributed by atoms with E-state index in [9.17, 15) is 26.9 Å². The number of nitro benzene ring substituents is 1. The summed E-state index contributed by atoms with van der Waals surface area (Å²) in [4.78, 5) is 18.8. The molecule has 0 aliphatic carbocycles. The van der Waals surface area contributed by atoms with Gasteiger partial charge in [-0.15, -0.1) is 0 Å². The topological polar surface area (TPSA) is 197 Å². The lowest BCUT2D eigenvalue weighted by molar-refractivity contribution is -0.387. The van der Waals surface area contributed by atoms with Gasteiger partial charge < -0.3 is 14.6 Å². The van der Waals surface area contributed by atoms with Crippen molar-refractivity contribution in [2.24, 2.45) is 0 Å². The number of sulfonamides is 1. The van der Waals surface area contributed by atoms with Crippen molar-refractivity contribution < 1.29 is 36.3 Å². The summed E-state index contributed by atoms with van der Waals surface area (Å²) in [7, 11) is -8.29. The van der Waals surface area contributed by atoms with Gasteiger partial charge in [-0.2, -0.15) is 5.10 Å². The molecule has 1 aliphatic rings. The molecule has 2 aromatic heterocycles. The smallest absolute Gasteiger partial charge is 0.289 e. The summed E-state index contributed by atoms with van der Waals surface area (Å²) in [5.74, 6) is 0. The molecule has 1 fully saturated rings. The first kappa shape index (κ1) is 33.3. The fraction of sp³-hybridized carbons (Fsp3) is 0.414. The van der Waals surface area contributed by atoms with E-state index in [1.165, 1.54) is 30.5 Å². The Kier molecular flexibility index (Phi) is 9.97. The molecule has 2 atom stereocenters. The van der Waals surface area contributed by atoms with Crippen LogP contribution in [0.3, 0.4) is 0 Å². The van der Waals surface area contributed by atoms with E-state index in [0.717, 1.165) is 29.5 Å². The standard InChI is InChI=1S/C29H34N6O9S2/c1-20(13-17-43-18-15-36)34(46(41,42)26-8-4-3-7-25(26)35(37)38)21-10-11-24-22(19-21)28(32-33(24)27-9-5-6-16-44-27)23-12-14-30-29(31-23)45(2,39)40/h3-4,7-8,10-12,14,19-20,27,36H,5-6,9,13,15-18H2,1-2H3/t20-,27?/m0/s1. The highest BCUT2D eigenvalue weighted by atomic mass is 32.2. The van der Waals surface area contributed by atoms with E-state index < -0.39 is 52.8 Å². The molecule has 0 radical (unpaired) electrons. The third-order valence-corrected chi connectivity index (χ3v) is 10.3. The van der Waals surface area contributed by atoms with Gasteiger partial charge in [-0.25, -0.2) is 31.5 Å². The monoisotopic (exact) mass is 674 g/mol. The van der Waals surface area contributed by atoms with E-state index in [0.29, 0.717) is 23.9 Å². The summed E-state index contributed by atoms with van der Waals surface area (Å²) in [5, 5.41) is 25.8. The van der Waals surface area contributed by atoms with Crippen molar-refractivity contribution in [1.29, 1.82) is 0 Å². The summed E-state index contributed by atoms with van der Waals surface area (Å²) in [6.07, 6.45) is 4.57. The van der Waals surface area contributed by atoms with Crippen LogP contribution in [0.5, 0.6) is 0 Å². The van der Waals surface area contributed by atoms with Crippen molar-refractivity contribution in [3.05, 3.63) is 64.8 Å². The van der Waals surface area contributed by atoms with E-state index >= 15 is 0 Å². The van der Waals surface area contributed by atoms with E-state index in [1.807, 2.05) is 0 Å². The Morgan fingerprint density at radius 2 is 1.93 bits per heavy atom. The fourth-order valence-corrected chi connectivity index (χ4v) is 7.70. The van der Waals surface area contributed by atoms with Gasteiger partial charge in [0, 0.05) is 43.2 Å². The number of ether oxygens (including phenoxy) is 2. The van der Waals surface area contributed by atoms with Crippen LogP contribution in [-0.2, 0) is 29.3 Å². The van der Waals surface area contributed by atoms with Crippen LogP contribution >= 0.6 is 0 Å². The Hall–Kier alpha value is -4.03. The summed E-state index contributed by atoms with van der Waals surface area (Å²) in [6, 6.07) is 10.7. The Morgan fingerprint density at radius 1 is 1.15 bits per heavy atom. The van der Waals surface area contributed by atoms with Crippen LogP contribution in [0.1, 0.15) is 38.8 Å². The number of rotatable bonds is 13. The molecule has 1 unspecified atom stereocenters. The van der Waals surface area contributed by atoms with Gasteiger partial charge >= 0.3 is 0 Å². The lowest BCUT2D eigenvalue weighted by Gasteiger charge is -2.30. The Bertz CT molecular complexity index is 1940. The molecule has 5 rings (SSSR count). The second kappa shape index (κ2) is 13.8. The highest BCUT2D eigenvalue weighted by Crippen LogP contribution is 2.38. The number of aliphatic hydroxyl groups excluding tert-OH is 1. The first-order valence-corrected chi connectivity index (χ1v) is 17.9.